The normalized spacial score (nSPS) is 24.0. The fraction of sp³-hybridized carbons (Fsp3) is 0.474. The van der Waals surface area contributed by atoms with Crippen LogP contribution in [0.25, 0.3) is 0 Å². The fourth-order valence-corrected chi connectivity index (χ4v) is 3.82. The van der Waals surface area contributed by atoms with E-state index in [4.69, 9.17) is 9.47 Å². The van der Waals surface area contributed by atoms with Gasteiger partial charge in [-0.05, 0) is 17.7 Å². The van der Waals surface area contributed by atoms with Crippen molar-refractivity contribution in [3.63, 3.8) is 0 Å². The van der Waals surface area contributed by atoms with Gasteiger partial charge in [0.1, 0.15) is 18.2 Å². The van der Waals surface area contributed by atoms with Crippen molar-refractivity contribution in [2.75, 3.05) is 33.3 Å². The lowest BCUT2D eigenvalue weighted by Crippen LogP contribution is -2.49. The molecule has 2 saturated heterocycles. The van der Waals surface area contributed by atoms with Crippen molar-refractivity contribution in [2.45, 2.75) is 25.1 Å². The molecule has 132 valence electrons. The Morgan fingerprint density at radius 2 is 1.84 bits per heavy atom. The highest BCUT2D eigenvalue weighted by Crippen LogP contribution is 2.26. The van der Waals surface area contributed by atoms with E-state index in [2.05, 4.69) is 31.9 Å². The monoisotopic (exact) mass is 340 g/mol. The van der Waals surface area contributed by atoms with Crippen LogP contribution < -0.4 is 9.47 Å². The highest BCUT2D eigenvalue weighted by atomic mass is 16.5. The van der Waals surface area contributed by atoms with Crippen molar-refractivity contribution in [2.24, 2.45) is 0 Å². The second-order valence-electron chi connectivity index (χ2n) is 6.78. The number of hydrogen-bond donors (Lipinski definition) is 0. The number of methoxy groups -OCH3 is 1. The lowest BCUT2D eigenvalue weighted by Gasteiger charge is -2.37. The van der Waals surface area contributed by atoms with Gasteiger partial charge in [-0.2, -0.15) is 0 Å². The van der Waals surface area contributed by atoms with Crippen molar-refractivity contribution in [1.82, 2.24) is 19.8 Å². The molecule has 0 spiro atoms. The largest absolute Gasteiger partial charge is 0.497 e. The molecule has 0 amide bonds. The molecule has 6 heteroatoms. The first-order valence-corrected chi connectivity index (χ1v) is 8.81. The summed E-state index contributed by atoms with van der Waals surface area (Å²) in [4.78, 5) is 13.1. The zero-order valence-corrected chi connectivity index (χ0v) is 14.5. The molecule has 1 aromatic carbocycles. The minimum atomic E-state index is 0.233. The maximum absolute atomic E-state index is 6.05. The molecule has 4 rings (SSSR count). The summed E-state index contributed by atoms with van der Waals surface area (Å²) < 4.78 is 11.3. The van der Waals surface area contributed by atoms with Gasteiger partial charge in [0.25, 0.3) is 0 Å². The van der Waals surface area contributed by atoms with Gasteiger partial charge in [0, 0.05) is 45.2 Å². The minimum absolute atomic E-state index is 0.233. The molecule has 3 heterocycles. The van der Waals surface area contributed by atoms with Crippen LogP contribution in [-0.2, 0) is 6.54 Å². The standard InChI is InChI=1S/C19H24N4O2/c1-24-17-4-2-15(3-5-17)11-22-6-7-23-13-18(8-16(23)12-22)25-19-9-20-14-21-10-19/h2-5,9-10,14,16,18H,6-8,11-13H2,1H3. The zero-order chi connectivity index (χ0) is 17.1. The van der Waals surface area contributed by atoms with E-state index in [1.54, 1.807) is 19.5 Å². The van der Waals surface area contributed by atoms with Crippen LogP contribution in [0.2, 0.25) is 0 Å². The first kappa shape index (κ1) is 16.3. The van der Waals surface area contributed by atoms with E-state index in [1.165, 1.54) is 11.9 Å². The molecule has 0 saturated carbocycles. The van der Waals surface area contributed by atoms with Crippen LogP contribution in [0.5, 0.6) is 11.5 Å². The smallest absolute Gasteiger partial charge is 0.156 e. The Bertz CT molecular complexity index is 680. The van der Waals surface area contributed by atoms with Crippen molar-refractivity contribution in [3.8, 4) is 11.5 Å². The molecule has 25 heavy (non-hydrogen) atoms. The molecular weight excluding hydrogens is 316 g/mol. The third-order valence-corrected chi connectivity index (χ3v) is 5.07. The molecule has 2 unspecified atom stereocenters. The van der Waals surface area contributed by atoms with E-state index < -0.39 is 0 Å². The number of ether oxygens (including phenoxy) is 2. The maximum atomic E-state index is 6.05. The van der Waals surface area contributed by atoms with Crippen LogP contribution in [0.3, 0.4) is 0 Å². The molecular formula is C19H24N4O2. The van der Waals surface area contributed by atoms with E-state index >= 15 is 0 Å². The van der Waals surface area contributed by atoms with Gasteiger partial charge >= 0.3 is 0 Å². The summed E-state index contributed by atoms with van der Waals surface area (Å²) in [5, 5.41) is 0. The van der Waals surface area contributed by atoms with Gasteiger partial charge in [-0.3, -0.25) is 9.80 Å². The maximum Gasteiger partial charge on any atom is 0.156 e. The molecule has 2 aliphatic heterocycles. The number of fused-ring (bicyclic) bond motifs is 1. The lowest BCUT2D eigenvalue weighted by atomic mass is 10.1. The number of hydrogen-bond acceptors (Lipinski definition) is 6. The number of benzene rings is 1. The first-order valence-electron chi connectivity index (χ1n) is 8.81. The molecule has 2 aliphatic rings. The molecule has 2 fully saturated rings. The van der Waals surface area contributed by atoms with Crippen molar-refractivity contribution < 1.29 is 9.47 Å². The van der Waals surface area contributed by atoms with Crippen LogP contribution in [0.4, 0.5) is 0 Å². The third-order valence-electron chi connectivity index (χ3n) is 5.07. The van der Waals surface area contributed by atoms with E-state index in [9.17, 15) is 0 Å². The quantitative estimate of drug-likeness (QED) is 0.828. The fourth-order valence-electron chi connectivity index (χ4n) is 3.82. The SMILES string of the molecule is COc1ccc(CN2CCN3CC(Oc4cncnc4)CC3C2)cc1. The number of nitrogens with zero attached hydrogens (tertiary/aromatic N) is 4. The third kappa shape index (κ3) is 3.91. The summed E-state index contributed by atoms with van der Waals surface area (Å²) in [5.74, 6) is 1.68. The number of aromatic nitrogens is 2. The second kappa shape index (κ2) is 7.37. The molecule has 0 radical (unpaired) electrons. The Kier molecular flexibility index (Phi) is 4.81. The average molecular weight is 340 g/mol. The first-order chi connectivity index (χ1) is 12.3. The molecule has 0 bridgehead atoms. The van der Waals surface area contributed by atoms with Crippen molar-refractivity contribution in [3.05, 3.63) is 48.5 Å². The predicted octanol–water partition coefficient (Wildman–Crippen LogP) is 1.82. The second-order valence-corrected chi connectivity index (χ2v) is 6.78. The van der Waals surface area contributed by atoms with E-state index in [-0.39, 0.29) is 6.10 Å². The van der Waals surface area contributed by atoms with E-state index in [0.717, 1.165) is 50.6 Å². The van der Waals surface area contributed by atoms with Gasteiger partial charge in [0.2, 0.25) is 0 Å². The summed E-state index contributed by atoms with van der Waals surface area (Å²) in [6.07, 6.45) is 6.30. The molecule has 2 aromatic rings. The molecule has 0 aliphatic carbocycles. The van der Waals surface area contributed by atoms with Crippen LogP contribution in [0.15, 0.2) is 43.0 Å². The lowest BCUT2D eigenvalue weighted by molar-refractivity contribution is 0.0978. The van der Waals surface area contributed by atoms with Gasteiger partial charge in [-0.15, -0.1) is 0 Å². The Balaban J connectivity index is 1.32. The molecule has 6 nitrogen and oxygen atoms in total. The Hall–Kier alpha value is -2.18. The summed E-state index contributed by atoms with van der Waals surface area (Å²) in [6.45, 7) is 5.29. The number of rotatable bonds is 5. The van der Waals surface area contributed by atoms with E-state index in [0.29, 0.717) is 6.04 Å². The summed E-state index contributed by atoms with van der Waals surface area (Å²) >= 11 is 0. The van der Waals surface area contributed by atoms with Crippen LogP contribution in [0, 0.1) is 0 Å². The molecule has 0 N–H and O–H groups in total. The van der Waals surface area contributed by atoms with Crippen LogP contribution in [0.1, 0.15) is 12.0 Å². The Morgan fingerprint density at radius 1 is 1.04 bits per heavy atom. The Morgan fingerprint density at radius 3 is 2.60 bits per heavy atom. The number of piperazine rings is 1. The van der Waals surface area contributed by atoms with Gasteiger partial charge in [0.15, 0.2) is 5.75 Å². The van der Waals surface area contributed by atoms with Gasteiger partial charge in [0.05, 0.1) is 19.5 Å². The summed E-state index contributed by atoms with van der Waals surface area (Å²) in [5.41, 5.74) is 1.33. The summed E-state index contributed by atoms with van der Waals surface area (Å²) in [7, 11) is 1.70. The highest BCUT2D eigenvalue weighted by Gasteiger charge is 2.37. The van der Waals surface area contributed by atoms with Crippen molar-refractivity contribution >= 4 is 0 Å². The summed E-state index contributed by atoms with van der Waals surface area (Å²) in [6, 6.07) is 8.95. The van der Waals surface area contributed by atoms with Gasteiger partial charge < -0.3 is 9.47 Å². The minimum Gasteiger partial charge on any atom is -0.497 e. The van der Waals surface area contributed by atoms with E-state index in [1.807, 2.05) is 12.1 Å². The van der Waals surface area contributed by atoms with Crippen LogP contribution in [-0.4, -0.2) is 65.2 Å². The van der Waals surface area contributed by atoms with Gasteiger partial charge in [-0.25, -0.2) is 9.97 Å². The van der Waals surface area contributed by atoms with Gasteiger partial charge in [-0.1, -0.05) is 12.1 Å². The molecule has 1 aromatic heterocycles. The highest BCUT2D eigenvalue weighted by molar-refractivity contribution is 5.27. The van der Waals surface area contributed by atoms with Crippen LogP contribution >= 0.6 is 0 Å². The predicted molar refractivity (Wildman–Crippen MR) is 94.7 cm³/mol. The zero-order valence-electron chi connectivity index (χ0n) is 14.5. The molecule has 2 atom stereocenters. The Labute approximate surface area is 148 Å². The van der Waals surface area contributed by atoms with Crippen molar-refractivity contribution in [1.29, 1.82) is 0 Å². The topological polar surface area (TPSA) is 50.7 Å². The average Bonchev–Trinajstić information content (AvgIpc) is 3.04.